The Bertz CT molecular complexity index is 1450. The number of pyridine rings is 2. The Morgan fingerprint density at radius 3 is 2.14 bits per heavy atom. The van der Waals surface area contributed by atoms with Crippen LogP contribution in [0, 0.1) is 0 Å². The van der Waals surface area contributed by atoms with Gasteiger partial charge in [-0.05, 0) is 44.1 Å². The van der Waals surface area contributed by atoms with Crippen molar-refractivity contribution in [2.24, 2.45) is 7.05 Å². The maximum absolute atomic E-state index is 10.6. The van der Waals surface area contributed by atoms with Crippen LogP contribution in [0.15, 0.2) is 48.5 Å². The van der Waals surface area contributed by atoms with Gasteiger partial charge in [-0.2, -0.15) is 26.3 Å². The number of hydrogen-bond acceptors (Lipinski definition) is 8. The molecule has 17 heteroatoms. The highest BCUT2D eigenvalue weighted by Gasteiger charge is 2.38. The lowest BCUT2D eigenvalue weighted by Crippen LogP contribution is -2.32. The van der Waals surface area contributed by atoms with Gasteiger partial charge in [-0.3, -0.25) is 14.9 Å². The van der Waals surface area contributed by atoms with Crippen molar-refractivity contribution in [3.63, 3.8) is 0 Å². The average Bonchev–Trinajstić information content (AvgIpc) is 3.58. The molecule has 0 spiro atoms. The van der Waals surface area contributed by atoms with Crippen molar-refractivity contribution in [3.05, 3.63) is 59.2 Å². The molecular weight excluding hydrogens is 594 g/mol. The van der Waals surface area contributed by atoms with Crippen molar-refractivity contribution >= 4 is 34.3 Å². The van der Waals surface area contributed by atoms with Crippen molar-refractivity contribution in [1.82, 2.24) is 29.4 Å². The zero-order valence-electron chi connectivity index (χ0n) is 21.8. The molecule has 0 bridgehead atoms. The number of alkyl halides is 6. The number of halogens is 6. The van der Waals surface area contributed by atoms with Gasteiger partial charge in [0.2, 0.25) is 0 Å². The zero-order chi connectivity index (χ0) is 31.1. The van der Waals surface area contributed by atoms with Gasteiger partial charge in [0.25, 0.3) is 0 Å². The number of aryl methyl sites for hydroxylation is 1. The van der Waals surface area contributed by atoms with E-state index in [1.807, 2.05) is 31.8 Å². The highest BCUT2D eigenvalue weighted by molar-refractivity contribution is 7.09. The number of aromatic nitrogens is 5. The van der Waals surface area contributed by atoms with Gasteiger partial charge in [0.15, 0.2) is 0 Å². The molecule has 0 aliphatic carbocycles. The molecule has 226 valence electrons. The molecular formula is C25H24F6N6O4S. The monoisotopic (exact) mass is 618 g/mol. The molecule has 1 aliphatic rings. The van der Waals surface area contributed by atoms with Crippen LogP contribution in [0.2, 0.25) is 0 Å². The third-order valence-electron chi connectivity index (χ3n) is 6.00. The van der Waals surface area contributed by atoms with Gasteiger partial charge < -0.3 is 14.8 Å². The van der Waals surface area contributed by atoms with E-state index in [4.69, 9.17) is 24.8 Å². The maximum Gasteiger partial charge on any atom is 0.490 e. The lowest BCUT2D eigenvalue weighted by Gasteiger charge is -2.31. The fourth-order valence-corrected chi connectivity index (χ4v) is 4.63. The molecule has 0 radical (unpaired) electrons. The van der Waals surface area contributed by atoms with E-state index in [1.54, 1.807) is 17.5 Å². The minimum atomic E-state index is -5.08. The van der Waals surface area contributed by atoms with Crippen molar-refractivity contribution < 1.29 is 46.1 Å². The molecule has 0 saturated carbocycles. The first-order chi connectivity index (χ1) is 19.7. The number of imidazole rings is 1. The summed E-state index contributed by atoms with van der Waals surface area (Å²) in [5.41, 5.74) is 5.21. The molecule has 10 nitrogen and oxygen atoms in total. The summed E-state index contributed by atoms with van der Waals surface area (Å²) in [6.07, 6.45) is -0.507. The summed E-state index contributed by atoms with van der Waals surface area (Å²) in [7, 11) is 2.04. The highest BCUT2D eigenvalue weighted by Crippen LogP contribution is 2.33. The van der Waals surface area contributed by atoms with Gasteiger partial charge in [-0.25, -0.2) is 19.6 Å². The second kappa shape index (κ2) is 13.7. The molecule has 1 aliphatic heterocycles. The summed E-state index contributed by atoms with van der Waals surface area (Å²) in [4.78, 5) is 38.6. The van der Waals surface area contributed by atoms with Gasteiger partial charge in [0.1, 0.15) is 10.5 Å². The van der Waals surface area contributed by atoms with Gasteiger partial charge >= 0.3 is 24.3 Å². The number of nitrogens with zero attached hydrogens (tertiary/aromatic N) is 6. The summed E-state index contributed by atoms with van der Waals surface area (Å²) in [5.74, 6) is -5.04. The molecule has 1 fully saturated rings. The molecule has 5 heterocycles. The van der Waals surface area contributed by atoms with Crippen LogP contribution in [0.5, 0.6) is 0 Å². The Morgan fingerprint density at radius 1 is 1.02 bits per heavy atom. The van der Waals surface area contributed by atoms with Crippen LogP contribution >= 0.6 is 11.3 Å². The number of fused-ring (bicyclic) bond motifs is 1. The van der Waals surface area contributed by atoms with Crippen LogP contribution in [0.4, 0.5) is 26.3 Å². The van der Waals surface area contributed by atoms with E-state index in [0.29, 0.717) is 5.92 Å². The largest absolute Gasteiger partial charge is 0.490 e. The van der Waals surface area contributed by atoms with Crippen molar-refractivity contribution in [2.45, 2.75) is 37.7 Å². The summed E-state index contributed by atoms with van der Waals surface area (Å²) in [6, 6.07) is 6.24. The molecule has 0 atom stereocenters. The minimum Gasteiger partial charge on any atom is -0.475 e. The summed E-state index contributed by atoms with van der Waals surface area (Å²) in [5, 5.41) is 17.5. The van der Waals surface area contributed by atoms with Crippen molar-refractivity contribution in [2.75, 3.05) is 13.1 Å². The molecule has 0 aromatic carbocycles. The number of carbonyl (C=O) groups is 2. The lowest BCUT2D eigenvalue weighted by molar-refractivity contribution is -0.193. The Balaban J connectivity index is 0.000000289. The molecule has 5 rings (SSSR count). The molecule has 4 aromatic rings. The number of rotatable bonds is 4. The maximum atomic E-state index is 10.6. The lowest BCUT2D eigenvalue weighted by atomic mass is 9.92. The number of piperidine rings is 1. The Hall–Kier alpha value is -4.12. The third-order valence-corrected chi connectivity index (χ3v) is 6.77. The van der Waals surface area contributed by atoms with E-state index in [1.165, 1.54) is 10.7 Å². The molecule has 42 heavy (non-hydrogen) atoms. The minimum absolute atomic E-state index is 0.474. The molecule has 4 aromatic heterocycles. The van der Waals surface area contributed by atoms with Gasteiger partial charge in [-0.1, -0.05) is 0 Å². The average molecular weight is 619 g/mol. The van der Waals surface area contributed by atoms with Crippen LogP contribution in [-0.4, -0.2) is 77.0 Å². The van der Waals surface area contributed by atoms with Crippen molar-refractivity contribution in [3.8, 4) is 11.3 Å². The van der Waals surface area contributed by atoms with Crippen LogP contribution in [-0.2, 0) is 23.2 Å². The number of hydrogen-bond donors (Lipinski definition) is 2. The number of carboxylic acids is 2. The standard InChI is InChI=1S/C21H22N6S.2C2HF3O2/c1-26-14-24-21-18(26)11-17(25-20(21)16-3-2-6-22-12-16)15-4-8-27(9-5-15)13-19-23-7-10-28-19;2*3-2(4,5)1(6)7/h2-3,6-7,10-12,14-15H,4-5,8-9,13H2,1H3;2*(H,6,7). The zero-order valence-corrected chi connectivity index (χ0v) is 22.6. The van der Waals surface area contributed by atoms with Crippen LogP contribution in [0.25, 0.3) is 22.3 Å². The normalized spacial score (nSPS) is 14.5. The predicted molar refractivity (Wildman–Crippen MR) is 138 cm³/mol. The van der Waals surface area contributed by atoms with E-state index < -0.39 is 24.3 Å². The highest BCUT2D eigenvalue weighted by atomic mass is 32.1. The van der Waals surface area contributed by atoms with E-state index in [0.717, 1.165) is 54.8 Å². The summed E-state index contributed by atoms with van der Waals surface area (Å²) < 4.78 is 65.6. The van der Waals surface area contributed by atoms with Crippen molar-refractivity contribution in [1.29, 1.82) is 0 Å². The van der Waals surface area contributed by atoms with Crippen LogP contribution in [0.3, 0.4) is 0 Å². The molecule has 2 N–H and O–H groups in total. The summed E-state index contributed by atoms with van der Waals surface area (Å²) in [6.45, 7) is 3.12. The predicted octanol–water partition coefficient (Wildman–Crippen LogP) is 5.13. The third kappa shape index (κ3) is 8.94. The fourth-order valence-electron chi connectivity index (χ4n) is 3.97. The van der Waals surface area contributed by atoms with E-state index in [9.17, 15) is 26.3 Å². The fraction of sp³-hybridized carbons (Fsp3) is 0.360. The first kappa shape index (κ1) is 32.4. The quantitative estimate of drug-likeness (QED) is 0.299. The number of carboxylic acid groups (broad SMARTS) is 2. The van der Waals surface area contributed by atoms with Gasteiger partial charge in [0.05, 0.1) is 24.1 Å². The molecule has 0 amide bonds. The Morgan fingerprint density at radius 2 is 1.64 bits per heavy atom. The van der Waals surface area contributed by atoms with Crippen LogP contribution < -0.4 is 0 Å². The van der Waals surface area contributed by atoms with Crippen LogP contribution in [0.1, 0.15) is 29.5 Å². The van der Waals surface area contributed by atoms with E-state index >= 15 is 0 Å². The van der Waals surface area contributed by atoms with E-state index in [-0.39, 0.29) is 0 Å². The number of likely N-dealkylation sites (tertiary alicyclic amines) is 1. The first-order valence-corrected chi connectivity index (χ1v) is 13.0. The topological polar surface area (TPSA) is 134 Å². The summed E-state index contributed by atoms with van der Waals surface area (Å²) >= 11 is 1.74. The van der Waals surface area contributed by atoms with Gasteiger partial charge in [0, 0.05) is 48.2 Å². The first-order valence-electron chi connectivity index (χ1n) is 12.1. The van der Waals surface area contributed by atoms with E-state index in [2.05, 4.69) is 41.9 Å². The second-order valence-corrected chi connectivity index (χ2v) is 9.92. The second-order valence-electron chi connectivity index (χ2n) is 8.94. The Kier molecular flexibility index (Phi) is 10.6. The molecule has 0 unspecified atom stereocenters. The number of aliphatic carboxylic acids is 2. The molecule has 1 saturated heterocycles. The SMILES string of the molecule is Cn1cnc2c(-c3cccnc3)nc(C3CCN(Cc4nccs4)CC3)cc21.O=C(O)C(F)(F)F.O=C(O)C(F)(F)F. The Labute approximate surface area is 238 Å². The number of thiazole rings is 1. The smallest absolute Gasteiger partial charge is 0.475 e. The van der Waals surface area contributed by atoms with Gasteiger partial charge in [-0.15, -0.1) is 11.3 Å².